The van der Waals surface area contributed by atoms with Gasteiger partial charge in [-0.15, -0.1) is 0 Å². The van der Waals surface area contributed by atoms with Gasteiger partial charge in [-0.1, -0.05) is 45.9 Å². The van der Waals surface area contributed by atoms with Crippen molar-refractivity contribution in [1.29, 1.82) is 0 Å². The molecule has 7 aliphatic rings. The first-order valence-electron chi connectivity index (χ1n) is 25.4. The summed E-state index contributed by atoms with van der Waals surface area (Å²) in [5.41, 5.74) is 4.30. The number of carbonyl (C=O) groups is 3. The van der Waals surface area contributed by atoms with Gasteiger partial charge in [0.05, 0.1) is 10.5 Å². The van der Waals surface area contributed by atoms with Gasteiger partial charge in [0, 0.05) is 49.0 Å². The Balaban J connectivity index is 0.000000179. The lowest BCUT2D eigenvalue weighted by atomic mass is 9.79. The van der Waals surface area contributed by atoms with Crippen LogP contribution in [0.2, 0.25) is 0 Å². The number of aliphatic hydroxyl groups is 3. The zero-order chi connectivity index (χ0) is 51.0. The zero-order valence-corrected chi connectivity index (χ0v) is 42.9. The number of nitrogens with zero attached hydrogens (tertiary/aromatic N) is 3. The maximum atomic E-state index is 14.4. The summed E-state index contributed by atoms with van der Waals surface area (Å²) >= 11 is 3.70. The molecule has 18 heteroatoms. The van der Waals surface area contributed by atoms with Crippen LogP contribution in [-0.4, -0.2) is 140 Å². The minimum Gasteiger partial charge on any atom is -0.487 e. The van der Waals surface area contributed by atoms with Gasteiger partial charge in [0.25, 0.3) is 11.8 Å². The van der Waals surface area contributed by atoms with Gasteiger partial charge in [-0.05, 0) is 151 Å². The second-order valence-electron chi connectivity index (χ2n) is 21.4. The SMILES string of the molecule is CC(C)C[C@H]1C(=O)N2CCC[C@H]2[C@]2(O)O[C@](NC(=O)[C@@H]3C=C4c5cccc6[nH]c(Br)c(c56)C[C@H]4N(C)C3)(C(C)C)C(=O)N12.OC(CNCC(O)C1CCc2cc(F)ccc2O1)C1CCc2cc(F)ccc2O1. The van der Waals surface area contributed by atoms with E-state index in [-0.39, 0.29) is 60.7 Å². The van der Waals surface area contributed by atoms with Crippen molar-refractivity contribution in [2.24, 2.45) is 17.8 Å². The molecule has 3 aromatic carbocycles. The van der Waals surface area contributed by atoms with Crippen LogP contribution >= 0.6 is 15.9 Å². The highest BCUT2D eigenvalue weighted by Gasteiger charge is 2.72. The predicted molar refractivity (Wildman–Crippen MR) is 267 cm³/mol. The number of aromatic amines is 1. The number of rotatable bonds is 11. The molecule has 0 bridgehead atoms. The number of hydrogen-bond donors (Lipinski definition) is 6. The van der Waals surface area contributed by atoms with Gasteiger partial charge < -0.3 is 45.3 Å². The standard InChI is InChI=1S/C32H40BrN5O5.C22H25F2NO4/c1-16(2)12-24-29(40)37-11-7-10-25(37)32(42)38(24)30(41)31(43-32,17(3)4)35-28(39)18-13-20-19-8-6-9-22-26(19)21(27(33)34-22)14-23(20)36(5)15-18;23-15-3-7-19-13(9-15)1-5-21(28-19)17(26)11-25-12-18(27)22-6-2-14-10-16(24)4-8-20(14)29-22/h6,8-9,13,16-18,23-25,34,42H,7,10-12,14-15H2,1-5H3,(H,35,39);3-4,7-10,17-18,21-22,25-27H,1-2,5-6,11-12H2/t18-,23-,24+,25+,31-,32+;/m1./s1. The summed E-state index contributed by atoms with van der Waals surface area (Å²) in [5.74, 6) is -3.39. The van der Waals surface area contributed by atoms with Crippen LogP contribution in [0.4, 0.5) is 8.78 Å². The van der Waals surface area contributed by atoms with E-state index in [1.54, 1.807) is 30.9 Å². The van der Waals surface area contributed by atoms with E-state index in [1.807, 2.05) is 33.0 Å². The smallest absolute Gasteiger partial charge is 0.281 e. The van der Waals surface area contributed by atoms with Gasteiger partial charge in [0.1, 0.15) is 59.6 Å². The van der Waals surface area contributed by atoms with Crippen LogP contribution in [0, 0.1) is 29.4 Å². The average Bonchev–Trinajstić information content (AvgIpc) is 4.04. The molecule has 6 aliphatic heterocycles. The summed E-state index contributed by atoms with van der Waals surface area (Å²) in [6.07, 6.45) is 4.70. The number of nitrogens with one attached hydrogen (secondary N) is 3. The maximum absolute atomic E-state index is 14.4. The van der Waals surface area contributed by atoms with Crippen LogP contribution in [0.3, 0.4) is 0 Å². The zero-order valence-electron chi connectivity index (χ0n) is 41.3. The highest BCUT2D eigenvalue weighted by atomic mass is 79.9. The van der Waals surface area contributed by atoms with E-state index in [1.165, 1.54) is 40.1 Å². The monoisotopic (exact) mass is 1060 g/mol. The maximum Gasteiger partial charge on any atom is 0.281 e. The summed E-state index contributed by atoms with van der Waals surface area (Å²) in [4.78, 5) is 50.8. The molecule has 1 aromatic heterocycles. The topological polar surface area (TPSA) is 189 Å². The number of H-pyrrole nitrogens is 1. The van der Waals surface area contributed by atoms with Crippen molar-refractivity contribution >= 4 is 50.1 Å². The van der Waals surface area contributed by atoms with Gasteiger partial charge in [0.15, 0.2) is 0 Å². The normalized spacial score (nSPS) is 29.3. The lowest BCUT2D eigenvalue weighted by molar-refractivity contribution is -0.322. The fraction of sp³-hybridized carbons (Fsp3) is 0.537. The number of benzene rings is 3. The van der Waals surface area contributed by atoms with E-state index in [9.17, 15) is 38.5 Å². The molecule has 11 rings (SSSR count). The van der Waals surface area contributed by atoms with Crippen LogP contribution in [0.15, 0.2) is 65.3 Å². The second-order valence-corrected chi connectivity index (χ2v) is 22.2. The largest absolute Gasteiger partial charge is 0.487 e. The summed E-state index contributed by atoms with van der Waals surface area (Å²) in [6.45, 7) is 9.09. The predicted octanol–water partition coefficient (Wildman–Crippen LogP) is 5.56. The third-order valence-electron chi connectivity index (χ3n) is 15.8. The molecule has 15 nitrogen and oxygen atoms in total. The van der Waals surface area contributed by atoms with Crippen molar-refractivity contribution < 1.29 is 52.7 Å². The quantitative estimate of drug-likeness (QED) is 0.111. The number of aliphatic hydroxyl groups excluding tert-OH is 2. The number of piperazine rings is 1. The summed E-state index contributed by atoms with van der Waals surface area (Å²) in [7, 11) is 2.03. The number of ether oxygens (including phenoxy) is 3. The number of amides is 3. The molecule has 7 heterocycles. The Morgan fingerprint density at radius 1 is 0.931 bits per heavy atom. The Bertz CT molecular complexity index is 2720. The summed E-state index contributed by atoms with van der Waals surface area (Å²) in [6, 6.07) is 13.6. The summed E-state index contributed by atoms with van der Waals surface area (Å²) < 4.78 is 45.6. The van der Waals surface area contributed by atoms with E-state index < -0.39 is 53.7 Å². The first-order chi connectivity index (χ1) is 34.4. The molecule has 0 radical (unpaired) electrons. The third-order valence-corrected chi connectivity index (χ3v) is 16.5. The third kappa shape index (κ3) is 9.02. The first-order valence-corrected chi connectivity index (χ1v) is 26.2. The summed E-state index contributed by atoms with van der Waals surface area (Å²) in [5, 5.41) is 40.2. The van der Waals surface area contributed by atoms with Gasteiger partial charge >= 0.3 is 0 Å². The molecule has 72 heavy (non-hydrogen) atoms. The Morgan fingerprint density at radius 2 is 1.57 bits per heavy atom. The second kappa shape index (κ2) is 19.7. The number of aryl methyl sites for hydroxylation is 2. The van der Waals surface area contributed by atoms with Crippen LogP contribution in [0.5, 0.6) is 11.5 Å². The number of carbonyl (C=O) groups excluding carboxylic acids is 3. The molecule has 3 saturated heterocycles. The number of likely N-dealkylation sites (N-methyl/N-ethyl adjacent to an activating group) is 1. The lowest BCUT2D eigenvalue weighted by Gasteiger charge is -2.49. The number of halogens is 3. The average molecular weight is 1060 g/mol. The Labute approximate surface area is 426 Å². The van der Waals surface area contributed by atoms with Crippen molar-refractivity contribution in [2.75, 3.05) is 33.2 Å². The van der Waals surface area contributed by atoms with Gasteiger partial charge in [0.2, 0.25) is 17.5 Å². The van der Waals surface area contributed by atoms with E-state index in [2.05, 4.69) is 48.6 Å². The molecule has 4 unspecified atom stereocenters. The Morgan fingerprint density at radius 3 is 2.18 bits per heavy atom. The lowest BCUT2D eigenvalue weighted by Crippen LogP contribution is -2.71. The number of fused-ring (bicyclic) bond motifs is 7. The molecular weight excluding hydrogens is 995 g/mol. The molecule has 3 amide bonds. The van der Waals surface area contributed by atoms with E-state index >= 15 is 0 Å². The van der Waals surface area contributed by atoms with Crippen LogP contribution in [0.25, 0.3) is 16.5 Å². The number of hydrogen-bond acceptors (Lipinski definition) is 11. The minimum absolute atomic E-state index is 0.104. The molecule has 4 aromatic rings. The molecular formula is C54H65BrF2N6O9. The van der Waals surface area contributed by atoms with E-state index in [0.717, 1.165) is 45.2 Å². The van der Waals surface area contributed by atoms with Crippen LogP contribution in [0.1, 0.15) is 82.1 Å². The van der Waals surface area contributed by atoms with Crippen molar-refractivity contribution in [3.8, 4) is 11.5 Å². The Hall–Kier alpha value is -4.95. The van der Waals surface area contributed by atoms with Crippen molar-refractivity contribution in [1.82, 2.24) is 30.3 Å². The fourth-order valence-electron chi connectivity index (χ4n) is 12.1. The molecule has 3 fully saturated rings. The van der Waals surface area contributed by atoms with E-state index in [0.29, 0.717) is 63.1 Å². The highest BCUT2D eigenvalue weighted by Crippen LogP contribution is 2.49. The van der Waals surface area contributed by atoms with Gasteiger partial charge in [-0.3, -0.25) is 28.9 Å². The van der Waals surface area contributed by atoms with Crippen LogP contribution < -0.4 is 20.1 Å². The number of aromatic nitrogens is 1. The van der Waals surface area contributed by atoms with Crippen LogP contribution in [-0.2, 0) is 38.4 Å². The van der Waals surface area contributed by atoms with E-state index in [4.69, 9.17) is 14.2 Å². The fourth-order valence-corrected chi connectivity index (χ4v) is 12.7. The Kier molecular flexibility index (Phi) is 13.9. The molecule has 1 aliphatic carbocycles. The molecule has 10 atom stereocenters. The van der Waals surface area contributed by atoms with Gasteiger partial charge in [-0.25, -0.2) is 8.78 Å². The van der Waals surface area contributed by atoms with Crippen molar-refractivity contribution in [3.63, 3.8) is 0 Å². The first kappa shape index (κ1) is 50.6. The molecule has 386 valence electrons. The molecule has 6 N–H and O–H groups in total. The van der Waals surface area contributed by atoms with Crippen molar-refractivity contribution in [2.45, 2.75) is 133 Å². The molecule has 0 saturated carbocycles. The minimum atomic E-state index is -2.01. The molecule has 0 spiro atoms. The highest BCUT2D eigenvalue weighted by molar-refractivity contribution is 9.10. The van der Waals surface area contributed by atoms with Gasteiger partial charge in [-0.2, -0.15) is 0 Å². The van der Waals surface area contributed by atoms with Crippen molar-refractivity contribution in [3.05, 3.63) is 99.2 Å².